The first kappa shape index (κ1) is 18.1. The van der Waals surface area contributed by atoms with Crippen LogP contribution < -0.4 is 11.2 Å². The van der Waals surface area contributed by atoms with Gasteiger partial charge in [0.15, 0.2) is 5.65 Å². The van der Waals surface area contributed by atoms with Crippen molar-refractivity contribution in [1.82, 2.24) is 18.7 Å². The fourth-order valence-electron chi connectivity index (χ4n) is 4.08. The lowest BCUT2D eigenvalue weighted by atomic mass is 9.99. The molecule has 148 valence electrons. The monoisotopic (exact) mass is 396 g/mol. The van der Waals surface area contributed by atoms with Crippen LogP contribution in [0.15, 0.2) is 76.4 Å². The lowest BCUT2D eigenvalue weighted by Crippen LogP contribution is -2.37. The van der Waals surface area contributed by atoms with E-state index in [2.05, 4.69) is 0 Å². The number of aromatic nitrogens is 4. The number of benzene rings is 2. The number of rotatable bonds is 2. The summed E-state index contributed by atoms with van der Waals surface area (Å²) in [6.45, 7) is 0. The van der Waals surface area contributed by atoms with Crippen molar-refractivity contribution < 1.29 is 0 Å². The molecule has 0 unspecified atom stereocenters. The molecule has 0 aliphatic heterocycles. The molecule has 0 N–H and O–H groups in total. The highest BCUT2D eigenvalue weighted by Gasteiger charge is 2.19. The number of pyridine rings is 1. The van der Waals surface area contributed by atoms with Crippen molar-refractivity contribution in [2.24, 2.45) is 21.1 Å². The van der Waals surface area contributed by atoms with Crippen molar-refractivity contribution in [3.05, 3.63) is 87.7 Å². The number of hydrogen-bond donors (Lipinski definition) is 0. The molecule has 0 fully saturated rings. The third-order valence-corrected chi connectivity index (χ3v) is 5.67. The minimum absolute atomic E-state index is 0.344. The predicted molar refractivity (Wildman–Crippen MR) is 120 cm³/mol. The Bertz CT molecular complexity index is 1560. The van der Waals surface area contributed by atoms with E-state index in [4.69, 9.17) is 4.98 Å². The summed E-state index contributed by atoms with van der Waals surface area (Å²) in [6.07, 6.45) is 2.03. The van der Waals surface area contributed by atoms with Crippen molar-refractivity contribution >= 4 is 21.9 Å². The van der Waals surface area contributed by atoms with Gasteiger partial charge in [-0.3, -0.25) is 13.9 Å². The summed E-state index contributed by atoms with van der Waals surface area (Å²) in [5, 5.41) is 1.48. The van der Waals surface area contributed by atoms with Crippen LogP contribution in [0.2, 0.25) is 0 Å². The largest absolute Gasteiger partial charge is 0.350 e. The first-order valence-electron chi connectivity index (χ1n) is 9.68. The average molecular weight is 396 g/mol. The van der Waals surface area contributed by atoms with E-state index in [0.717, 1.165) is 32.2 Å². The maximum absolute atomic E-state index is 13.2. The van der Waals surface area contributed by atoms with Gasteiger partial charge in [-0.2, -0.15) is 0 Å². The van der Waals surface area contributed by atoms with Crippen LogP contribution in [0.25, 0.3) is 44.3 Å². The summed E-state index contributed by atoms with van der Waals surface area (Å²) in [5.74, 6) is 0. The van der Waals surface area contributed by atoms with Gasteiger partial charge in [0.25, 0.3) is 5.56 Å². The molecule has 0 amide bonds. The second-order valence-corrected chi connectivity index (χ2v) is 7.50. The van der Waals surface area contributed by atoms with Gasteiger partial charge in [0.1, 0.15) is 0 Å². The molecule has 5 rings (SSSR count). The number of hydrogen-bond acceptors (Lipinski definition) is 3. The molecule has 2 aromatic carbocycles. The number of aryl methyl sites for hydroxylation is 2. The molecule has 0 saturated carbocycles. The third-order valence-electron chi connectivity index (χ3n) is 5.67. The zero-order chi connectivity index (χ0) is 21.0. The van der Waals surface area contributed by atoms with Gasteiger partial charge in [-0.05, 0) is 12.1 Å². The minimum Gasteiger partial charge on any atom is -0.350 e. The molecule has 30 heavy (non-hydrogen) atoms. The Morgan fingerprint density at radius 1 is 0.800 bits per heavy atom. The van der Waals surface area contributed by atoms with Gasteiger partial charge in [-0.25, -0.2) is 9.78 Å². The predicted octanol–water partition coefficient (Wildman–Crippen LogP) is 3.46. The molecular formula is C24H20N4O2. The molecule has 3 aromatic heterocycles. The van der Waals surface area contributed by atoms with Crippen LogP contribution in [0.1, 0.15) is 0 Å². The normalized spacial score (nSPS) is 11.4. The molecule has 3 heterocycles. The smallest absolute Gasteiger partial charge is 0.332 e. The summed E-state index contributed by atoms with van der Waals surface area (Å²) in [5.41, 5.74) is 4.06. The highest BCUT2D eigenvalue weighted by Crippen LogP contribution is 2.35. The molecule has 0 spiro atoms. The van der Waals surface area contributed by atoms with Gasteiger partial charge in [0.05, 0.1) is 11.1 Å². The third kappa shape index (κ3) is 2.54. The molecule has 0 aliphatic rings. The van der Waals surface area contributed by atoms with Gasteiger partial charge in [0.2, 0.25) is 0 Å². The SMILES string of the molecule is Cn1c(=O)c2c(-c3cn(C)c4ccccc34)cc(-c3ccccc3)nc2n(C)c1=O. The van der Waals surface area contributed by atoms with Gasteiger partial charge in [0, 0.05) is 54.9 Å². The topological polar surface area (TPSA) is 61.8 Å². The van der Waals surface area contributed by atoms with Crippen LogP contribution in [-0.2, 0) is 21.1 Å². The first-order chi connectivity index (χ1) is 14.5. The maximum Gasteiger partial charge on any atom is 0.332 e. The zero-order valence-corrected chi connectivity index (χ0v) is 17.0. The molecule has 0 bridgehead atoms. The Kier molecular flexibility index (Phi) is 3.96. The van der Waals surface area contributed by atoms with Crippen molar-refractivity contribution in [1.29, 1.82) is 0 Å². The number of fused-ring (bicyclic) bond motifs is 2. The van der Waals surface area contributed by atoms with E-state index in [1.165, 1.54) is 11.6 Å². The van der Waals surface area contributed by atoms with Crippen LogP contribution in [0.3, 0.4) is 0 Å². The van der Waals surface area contributed by atoms with Gasteiger partial charge < -0.3 is 4.57 Å². The second kappa shape index (κ2) is 6.56. The quantitative estimate of drug-likeness (QED) is 0.459. The van der Waals surface area contributed by atoms with E-state index >= 15 is 0 Å². The van der Waals surface area contributed by atoms with Crippen molar-refractivity contribution in [3.8, 4) is 22.4 Å². The molecule has 6 nitrogen and oxygen atoms in total. The summed E-state index contributed by atoms with van der Waals surface area (Å²) >= 11 is 0. The molecule has 0 saturated heterocycles. The van der Waals surface area contributed by atoms with E-state index in [0.29, 0.717) is 16.7 Å². The summed E-state index contributed by atoms with van der Waals surface area (Å²) in [6, 6.07) is 19.8. The van der Waals surface area contributed by atoms with E-state index in [1.807, 2.05) is 78.5 Å². The van der Waals surface area contributed by atoms with Crippen molar-refractivity contribution in [2.45, 2.75) is 0 Å². The Morgan fingerprint density at radius 3 is 2.27 bits per heavy atom. The highest BCUT2D eigenvalue weighted by molar-refractivity contribution is 6.04. The Hall–Kier alpha value is -3.93. The Labute approximate surface area is 172 Å². The van der Waals surface area contributed by atoms with Gasteiger partial charge in [-0.1, -0.05) is 48.5 Å². The van der Waals surface area contributed by atoms with E-state index in [-0.39, 0.29) is 5.56 Å². The lowest BCUT2D eigenvalue weighted by Gasteiger charge is -2.13. The summed E-state index contributed by atoms with van der Waals surface area (Å²) in [4.78, 5) is 30.5. The van der Waals surface area contributed by atoms with Crippen LogP contribution in [0.4, 0.5) is 0 Å². The molecular weight excluding hydrogens is 376 g/mol. The van der Waals surface area contributed by atoms with Gasteiger partial charge in [-0.15, -0.1) is 0 Å². The molecule has 6 heteroatoms. The maximum atomic E-state index is 13.2. The van der Waals surface area contributed by atoms with E-state index in [1.54, 1.807) is 7.05 Å². The molecule has 0 atom stereocenters. The number of nitrogens with zero attached hydrogens (tertiary/aromatic N) is 4. The fraction of sp³-hybridized carbons (Fsp3) is 0.125. The van der Waals surface area contributed by atoms with Gasteiger partial charge >= 0.3 is 5.69 Å². The van der Waals surface area contributed by atoms with Crippen molar-refractivity contribution in [3.63, 3.8) is 0 Å². The zero-order valence-electron chi connectivity index (χ0n) is 17.0. The highest BCUT2D eigenvalue weighted by atomic mass is 16.2. The second-order valence-electron chi connectivity index (χ2n) is 7.50. The van der Waals surface area contributed by atoms with E-state index in [9.17, 15) is 9.59 Å². The Morgan fingerprint density at radius 2 is 1.50 bits per heavy atom. The van der Waals surface area contributed by atoms with E-state index < -0.39 is 5.69 Å². The molecule has 0 radical (unpaired) electrons. The summed E-state index contributed by atoms with van der Waals surface area (Å²) < 4.78 is 4.63. The first-order valence-corrected chi connectivity index (χ1v) is 9.68. The fourth-order valence-corrected chi connectivity index (χ4v) is 4.08. The Balaban J connectivity index is 2.00. The van der Waals surface area contributed by atoms with Crippen LogP contribution in [0, 0.1) is 0 Å². The van der Waals surface area contributed by atoms with Crippen LogP contribution >= 0.6 is 0 Å². The van der Waals surface area contributed by atoms with Crippen LogP contribution in [0.5, 0.6) is 0 Å². The minimum atomic E-state index is -0.394. The molecule has 5 aromatic rings. The van der Waals surface area contributed by atoms with Crippen LogP contribution in [-0.4, -0.2) is 18.7 Å². The number of para-hydroxylation sites is 1. The lowest BCUT2D eigenvalue weighted by molar-refractivity contribution is 0.708. The molecule has 0 aliphatic carbocycles. The standard InChI is InChI=1S/C24H20N4O2/c1-26-14-18(16-11-7-8-12-20(16)26)17-13-19(15-9-5-4-6-10-15)25-22-21(17)23(29)28(3)24(30)27(22)2/h4-14H,1-3H3. The van der Waals surface area contributed by atoms with Crippen molar-refractivity contribution in [2.75, 3.05) is 0 Å². The average Bonchev–Trinajstić information content (AvgIpc) is 3.12. The summed E-state index contributed by atoms with van der Waals surface area (Å²) in [7, 11) is 5.14.